The Morgan fingerprint density at radius 2 is 2.11 bits per heavy atom. The van der Waals surface area contributed by atoms with Crippen molar-refractivity contribution in [3.63, 3.8) is 0 Å². The summed E-state index contributed by atoms with van der Waals surface area (Å²) in [6, 6.07) is 4.84. The van der Waals surface area contributed by atoms with Crippen LogP contribution in [0, 0.1) is 11.7 Å². The second kappa shape index (κ2) is 7.36. The van der Waals surface area contributed by atoms with Crippen LogP contribution in [0.4, 0.5) is 4.39 Å². The van der Waals surface area contributed by atoms with E-state index in [-0.39, 0.29) is 5.82 Å². The van der Waals surface area contributed by atoms with Gasteiger partial charge in [0.05, 0.1) is 0 Å². The van der Waals surface area contributed by atoms with Crippen molar-refractivity contribution in [1.29, 1.82) is 0 Å². The summed E-state index contributed by atoms with van der Waals surface area (Å²) in [5.74, 6) is 0.676. The Bertz CT molecular complexity index is 403. The summed E-state index contributed by atoms with van der Waals surface area (Å²) >= 11 is 3.45. The molecule has 1 N–H and O–H groups in total. The van der Waals surface area contributed by atoms with Gasteiger partial charge in [0.2, 0.25) is 0 Å². The topological polar surface area (TPSA) is 15.3 Å². The van der Waals surface area contributed by atoms with E-state index in [0.717, 1.165) is 29.0 Å². The van der Waals surface area contributed by atoms with Gasteiger partial charge in [-0.3, -0.25) is 0 Å². The number of halogens is 2. The van der Waals surface area contributed by atoms with Gasteiger partial charge in [-0.05, 0) is 75.6 Å². The maximum atomic E-state index is 13.1. The van der Waals surface area contributed by atoms with Crippen molar-refractivity contribution in [2.75, 3.05) is 26.7 Å². The molecular formula is C15H22BrFN2. The second-order valence-corrected chi connectivity index (χ2v) is 6.30. The lowest BCUT2D eigenvalue weighted by molar-refractivity contribution is 0.211. The van der Waals surface area contributed by atoms with Crippen LogP contribution in [0.3, 0.4) is 0 Å². The van der Waals surface area contributed by atoms with Crippen LogP contribution in [-0.2, 0) is 6.54 Å². The van der Waals surface area contributed by atoms with Crippen molar-refractivity contribution in [3.05, 3.63) is 34.1 Å². The number of rotatable bonds is 5. The molecule has 0 unspecified atom stereocenters. The predicted molar refractivity (Wildman–Crippen MR) is 80.6 cm³/mol. The number of nitrogens with one attached hydrogen (secondary N) is 1. The van der Waals surface area contributed by atoms with Crippen LogP contribution in [-0.4, -0.2) is 31.6 Å². The van der Waals surface area contributed by atoms with E-state index >= 15 is 0 Å². The van der Waals surface area contributed by atoms with Crippen LogP contribution < -0.4 is 5.32 Å². The van der Waals surface area contributed by atoms with Gasteiger partial charge in [-0.2, -0.15) is 0 Å². The molecule has 0 atom stereocenters. The predicted octanol–water partition coefficient (Wildman–Crippen LogP) is 3.41. The zero-order valence-electron chi connectivity index (χ0n) is 11.5. The Morgan fingerprint density at radius 3 is 2.84 bits per heavy atom. The van der Waals surface area contributed by atoms with E-state index < -0.39 is 0 Å². The molecule has 19 heavy (non-hydrogen) atoms. The van der Waals surface area contributed by atoms with Gasteiger partial charge in [0.15, 0.2) is 0 Å². The molecule has 1 aromatic carbocycles. The van der Waals surface area contributed by atoms with Crippen molar-refractivity contribution in [3.8, 4) is 0 Å². The van der Waals surface area contributed by atoms with Crippen molar-refractivity contribution in [2.45, 2.75) is 25.8 Å². The van der Waals surface area contributed by atoms with Crippen LogP contribution in [0.5, 0.6) is 0 Å². The second-order valence-electron chi connectivity index (χ2n) is 5.45. The van der Waals surface area contributed by atoms with Crippen LogP contribution in [0.1, 0.15) is 24.8 Å². The molecule has 1 fully saturated rings. The van der Waals surface area contributed by atoms with Gasteiger partial charge in [0, 0.05) is 11.0 Å². The van der Waals surface area contributed by atoms with Crippen LogP contribution in [0.15, 0.2) is 22.7 Å². The van der Waals surface area contributed by atoms with Crippen molar-refractivity contribution >= 4 is 15.9 Å². The molecule has 0 radical (unpaired) electrons. The quantitative estimate of drug-likeness (QED) is 0.833. The molecular weight excluding hydrogens is 307 g/mol. The molecule has 106 valence electrons. The molecule has 1 aromatic rings. The highest BCUT2D eigenvalue weighted by Crippen LogP contribution is 2.20. The van der Waals surface area contributed by atoms with Gasteiger partial charge < -0.3 is 10.2 Å². The molecule has 1 aliphatic heterocycles. The Hall–Kier alpha value is -0.450. The first-order valence-electron chi connectivity index (χ1n) is 6.98. The summed E-state index contributed by atoms with van der Waals surface area (Å²) in [5.41, 5.74) is 0.989. The lowest BCUT2D eigenvalue weighted by Crippen LogP contribution is -2.31. The number of benzene rings is 1. The lowest BCUT2D eigenvalue weighted by Gasteiger charge is -2.28. The largest absolute Gasteiger partial charge is 0.313 e. The van der Waals surface area contributed by atoms with E-state index in [1.54, 1.807) is 12.1 Å². The fourth-order valence-electron chi connectivity index (χ4n) is 2.56. The average Bonchev–Trinajstić information content (AvgIpc) is 2.40. The molecule has 0 bridgehead atoms. The first-order chi connectivity index (χ1) is 9.15. The average molecular weight is 329 g/mol. The Morgan fingerprint density at radius 1 is 1.37 bits per heavy atom. The van der Waals surface area contributed by atoms with Crippen LogP contribution in [0.2, 0.25) is 0 Å². The van der Waals surface area contributed by atoms with E-state index in [0.29, 0.717) is 0 Å². The van der Waals surface area contributed by atoms with E-state index in [9.17, 15) is 4.39 Å². The first kappa shape index (κ1) is 14.9. The zero-order valence-corrected chi connectivity index (χ0v) is 13.0. The van der Waals surface area contributed by atoms with Crippen molar-refractivity contribution < 1.29 is 4.39 Å². The van der Waals surface area contributed by atoms with Crippen molar-refractivity contribution in [2.24, 2.45) is 5.92 Å². The summed E-state index contributed by atoms with van der Waals surface area (Å²) < 4.78 is 14.1. The molecule has 2 rings (SSSR count). The fraction of sp³-hybridized carbons (Fsp3) is 0.600. The minimum Gasteiger partial charge on any atom is -0.313 e. The van der Waals surface area contributed by atoms with Gasteiger partial charge in [0.1, 0.15) is 5.82 Å². The van der Waals surface area contributed by atoms with E-state index in [1.807, 2.05) is 0 Å². The highest BCUT2D eigenvalue weighted by molar-refractivity contribution is 9.10. The summed E-state index contributed by atoms with van der Waals surface area (Å²) in [6.07, 6.45) is 3.84. The first-order valence-corrected chi connectivity index (χ1v) is 7.77. The molecule has 1 heterocycles. The maximum absolute atomic E-state index is 13.1. The van der Waals surface area contributed by atoms with E-state index in [2.05, 4.69) is 33.2 Å². The summed E-state index contributed by atoms with van der Waals surface area (Å²) in [4.78, 5) is 2.40. The third-order valence-corrected chi connectivity index (χ3v) is 4.66. The Balaban J connectivity index is 1.68. The van der Waals surface area contributed by atoms with Gasteiger partial charge in [-0.1, -0.05) is 15.9 Å². The molecule has 4 heteroatoms. The minimum absolute atomic E-state index is 0.171. The SMILES string of the molecule is CN1CCC(CCNCc2cc(F)ccc2Br)CC1. The third-order valence-electron chi connectivity index (χ3n) is 3.89. The lowest BCUT2D eigenvalue weighted by atomic mass is 9.94. The van der Waals surface area contributed by atoms with Crippen LogP contribution >= 0.6 is 15.9 Å². The number of hydrogen-bond donors (Lipinski definition) is 1. The third kappa shape index (κ3) is 4.86. The molecule has 2 nitrogen and oxygen atoms in total. The van der Waals surface area contributed by atoms with Gasteiger partial charge in [-0.25, -0.2) is 4.39 Å². The fourth-order valence-corrected chi connectivity index (χ4v) is 2.95. The molecule has 0 amide bonds. The monoisotopic (exact) mass is 328 g/mol. The Kier molecular flexibility index (Phi) is 5.79. The molecule has 1 saturated heterocycles. The molecule has 0 aromatic heterocycles. The summed E-state index contributed by atoms with van der Waals surface area (Å²) in [6.45, 7) is 4.18. The van der Waals surface area contributed by atoms with Gasteiger partial charge in [-0.15, -0.1) is 0 Å². The Labute approximate surface area is 123 Å². The molecule has 1 aliphatic rings. The highest BCUT2D eigenvalue weighted by Gasteiger charge is 2.15. The number of nitrogens with zero attached hydrogens (tertiary/aromatic N) is 1. The van der Waals surface area contributed by atoms with E-state index in [1.165, 1.54) is 38.4 Å². The van der Waals surface area contributed by atoms with Gasteiger partial charge in [0.25, 0.3) is 0 Å². The highest BCUT2D eigenvalue weighted by atomic mass is 79.9. The van der Waals surface area contributed by atoms with Gasteiger partial charge >= 0.3 is 0 Å². The standard InChI is InChI=1S/C15H22BrFN2/c1-19-8-5-12(6-9-19)4-7-18-11-13-10-14(17)2-3-15(13)16/h2-3,10,12,18H,4-9,11H2,1H3. The van der Waals surface area contributed by atoms with E-state index in [4.69, 9.17) is 0 Å². The molecule has 0 spiro atoms. The number of hydrogen-bond acceptors (Lipinski definition) is 2. The normalized spacial score (nSPS) is 17.8. The molecule has 0 saturated carbocycles. The van der Waals surface area contributed by atoms with Crippen LogP contribution in [0.25, 0.3) is 0 Å². The number of piperidine rings is 1. The number of likely N-dealkylation sites (tertiary alicyclic amines) is 1. The smallest absolute Gasteiger partial charge is 0.123 e. The summed E-state index contributed by atoms with van der Waals surface area (Å²) in [5, 5.41) is 3.42. The zero-order chi connectivity index (χ0) is 13.7. The van der Waals surface area contributed by atoms with Crippen molar-refractivity contribution in [1.82, 2.24) is 10.2 Å². The minimum atomic E-state index is -0.171. The molecule has 0 aliphatic carbocycles. The maximum Gasteiger partial charge on any atom is 0.123 e. The summed E-state index contributed by atoms with van der Waals surface area (Å²) in [7, 11) is 2.19.